The Bertz CT molecular complexity index is 480. The minimum Gasteiger partial charge on any atom is -0.261 e. The fourth-order valence-corrected chi connectivity index (χ4v) is 1.67. The molecular formula is C12H14N2. The summed E-state index contributed by atoms with van der Waals surface area (Å²) in [5.74, 6) is 0. The highest BCUT2D eigenvalue weighted by Crippen LogP contribution is 2.17. The lowest BCUT2D eigenvalue weighted by molar-refractivity contribution is 0.695. The van der Waals surface area contributed by atoms with Crippen molar-refractivity contribution in [3.05, 3.63) is 42.1 Å². The highest BCUT2D eigenvalue weighted by atomic mass is 15.3. The standard InChI is InChI=1S/C12H14N2/c1-9(2)8-14-12-7-5-4-6-11(12)10(3)13-14/h4-7H,1,8H2,2-3H3. The molecule has 1 heterocycles. The number of hydrogen-bond acceptors (Lipinski definition) is 1. The summed E-state index contributed by atoms with van der Waals surface area (Å²) in [7, 11) is 0. The quantitative estimate of drug-likeness (QED) is 0.659. The third-order valence-corrected chi connectivity index (χ3v) is 2.26. The molecule has 0 bridgehead atoms. The second-order valence-corrected chi connectivity index (χ2v) is 3.72. The normalized spacial score (nSPS) is 10.7. The van der Waals surface area contributed by atoms with Crippen molar-refractivity contribution in [1.29, 1.82) is 0 Å². The first-order valence-electron chi connectivity index (χ1n) is 4.75. The van der Waals surface area contributed by atoms with Gasteiger partial charge >= 0.3 is 0 Å². The molecule has 0 saturated carbocycles. The van der Waals surface area contributed by atoms with Gasteiger partial charge in [-0.15, -0.1) is 0 Å². The molecule has 0 amide bonds. The zero-order chi connectivity index (χ0) is 10.1. The van der Waals surface area contributed by atoms with E-state index in [1.165, 1.54) is 10.9 Å². The SMILES string of the molecule is C=C(C)Cn1nc(C)c2ccccc21. The van der Waals surface area contributed by atoms with E-state index < -0.39 is 0 Å². The summed E-state index contributed by atoms with van der Waals surface area (Å²) in [5.41, 5.74) is 3.40. The molecule has 0 saturated heterocycles. The van der Waals surface area contributed by atoms with Gasteiger partial charge < -0.3 is 0 Å². The Morgan fingerprint density at radius 3 is 2.86 bits per heavy atom. The molecule has 0 fully saturated rings. The van der Waals surface area contributed by atoms with E-state index in [4.69, 9.17) is 0 Å². The lowest BCUT2D eigenvalue weighted by atomic mass is 10.2. The molecular weight excluding hydrogens is 172 g/mol. The number of para-hydroxylation sites is 1. The zero-order valence-corrected chi connectivity index (χ0v) is 8.62. The van der Waals surface area contributed by atoms with Crippen molar-refractivity contribution in [1.82, 2.24) is 9.78 Å². The minimum atomic E-state index is 0.800. The van der Waals surface area contributed by atoms with Crippen molar-refractivity contribution in [3.63, 3.8) is 0 Å². The van der Waals surface area contributed by atoms with Gasteiger partial charge in [-0.1, -0.05) is 30.4 Å². The van der Waals surface area contributed by atoms with Crippen LogP contribution in [0.3, 0.4) is 0 Å². The van der Waals surface area contributed by atoms with E-state index in [1.54, 1.807) is 0 Å². The molecule has 0 aliphatic heterocycles. The van der Waals surface area contributed by atoms with Crippen molar-refractivity contribution >= 4 is 10.9 Å². The van der Waals surface area contributed by atoms with Gasteiger partial charge in [0, 0.05) is 5.39 Å². The van der Waals surface area contributed by atoms with Gasteiger partial charge in [-0.05, 0) is 19.9 Å². The van der Waals surface area contributed by atoms with E-state index in [2.05, 4.69) is 23.8 Å². The second kappa shape index (κ2) is 3.29. The van der Waals surface area contributed by atoms with Gasteiger partial charge in [-0.2, -0.15) is 5.10 Å². The number of benzene rings is 1. The van der Waals surface area contributed by atoms with Crippen LogP contribution in [0.4, 0.5) is 0 Å². The Hall–Kier alpha value is -1.57. The third-order valence-electron chi connectivity index (χ3n) is 2.26. The lowest BCUT2D eigenvalue weighted by Gasteiger charge is -2.01. The van der Waals surface area contributed by atoms with Crippen LogP contribution in [0.15, 0.2) is 36.4 Å². The molecule has 0 aliphatic rings. The number of allylic oxidation sites excluding steroid dienone is 1. The van der Waals surface area contributed by atoms with Crippen LogP contribution >= 0.6 is 0 Å². The molecule has 0 radical (unpaired) electrons. The van der Waals surface area contributed by atoms with Crippen LogP contribution in [-0.4, -0.2) is 9.78 Å². The maximum atomic E-state index is 4.49. The number of hydrogen-bond donors (Lipinski definition) is 0. The van der Waals surface area contributed by atoms with Gasteiger partial charge in [0.15, 0.2) is 0 Å². The van der Waals surface area contributed by atoms with Gasteiger partial charge in [0.05, 0.1) is 17.8 Å². The summed E-state index contributed by atoms with van der Waals surface area (Å²) in [6, 6.07) is 8.28. The number of fused-ring (bicyclic) bond motifs is 1. The molecule has 1 aromatic carbocycles. The van der Waals surface area contributed by atoms with E-state index >= 15 is 0 Å². The van der Waals surface area contributed by atoms with Crippen LogP contribution in [0.1, 0.15) is 12.6 Å². The first kappa shape index (κ1) is 9.00. The molecule has 0 N–H and O–H groups in total. The van der Waals surface area contributed by atoms with E-state index in [-0.39, 0.29) is 0 Å². The third kappa shape index (κ3) is 1.43. The van der Waals surface area contributed by atoms with Crippen molar-refractivity contribution in [2.75, 3.05) is 0 Å². The molecule has 72 valence electrons. The Morgan fingerprint density at radius 1 is 1.43 bits per heavy atom. The Balaban J connectivity index is 2.60. The minimum absolute atomic E-state index is 0.800. The van der Waals surface area contributed by atoms with E-state index in [0.29, 0.717) is 0 Å². The average Bonchev–Trinajstić information content (AvgIpc) is 2.44. The molecule has 2 nitrogen and oxygen atoms in total. The Morgan fingerprint density at radius 2 is 2.14 bits per heavy atom. The summed E-state index contributed by atoms with van der Waals surface area (Å²) in [5, 5.41) is 5.72. The molecule has 14 heavy (non-hydrogen) atoms. The van der Waals surface area contributed by atoms with Gasteiger partial charge in [0.25, 0.3) is 0 Å². The maximum absolute atomic E-state index is 4.49. The molecule has 0 unspecified atom stereocenters. The van der Waals surface area contributed by atoms with Crippen LogP contribution in [0.25, 0.3) is 10.9 Å². The van der Waals surface area contributed by atoms with Crippen molar-refractivity contribution in [3.8, 4) is 0 Å². The number of nitrogens with zero attached hydrogens (tertiary/aromatic N) is 2. The Labute approximate surface area is 83.9 Å². The van der Waals surface area contributed by atoms with Gasteiger partial charge in [0.1, 0.15) is 0 Å². The van der Waals surface area contributed by atoms with Crippen molar-refractivity contribution < 1.29 is 0 Å². The maximum Gasteiger partial charge on any atom is 0.0689 e. The fourth-order valence-electron chi connectivity index (χ4n) is 1.67. The van der Waals surface area contributed by atoms with Crippen LogP contribution in [0.2, 0.25) is 0 Å². The van der Waals surface area contributed by atoms with Crippen LogP contribution in [0.5, 0.6) is 0 Å². The largest absolute Gasteiger partial charge is 0.261 e. The van der Waals surface area contributed by atoms with E-state index in [1.807, 2.05) is 30.7 Å². The topological polar surface area (TPSA) is 17.8 Å². The zero-order valence-electron chi connectivity index (χ0n) is 8.62. The molecule has 0 spiro atoms. The molecule has 2 rings (SSSR count). The highest BCUT2D eigenvalue weighted by Gasteiger charge is 2.05. The lowest BCUT2D eigenvalue weighted by Crippen LogP contribution is -2.00. The van der Waals surface area contributed by atoms with Crippen molar-refractivity contribution in [2.45, 2.75) is 20.4 Å². The predicted octanol–water partition coefficient (Wildman–Crippen LogP) is 2.92. The summed E-state index contributed by atoms with van der Waals surface area (Å²) in [6.45, 7) is 8.76. The summed E-state index contributed by atoms with van der Waals surface area (Å²) in [6.07, 6.45) is 0. The first-order chi connectivity index (χ1) is 6.68. The molecule has 2 heteroatoms. The first-order valence-corrected chi connectivity index (χ1v) is 4.75. The number of rotatable bonds is 2. The smallest absolute Gasteiger partial charge is 0.0689 e. The fraction of sp³-hybridized carbons (Fsp3) is 0.250. The van der Waals surface area contributed by atoms with Gasteiger partial charge in [-0.3, -0.25) is 4.68 Å². The van der Waals surface area contributed by atoms with E-state index in [9.17, 15) is 0 Å². The molecule has 0 aliphatic carbocycles. The molecule has 1 aromatic heterocycles. The summed E-state index contributed by atoms with van der Waals surface area (Å²) in [4.78, 5) is 0. The summed E-state index contributed by atoms with van der Waals surface area (Å²) >= 11 is 0. The van der Waals surface area contributed by atoms with Crippen LogP contribution in [0, 0.1) is 6.92 Å². The molecule has 0 atom stereocenters. The van der Waals surface area contributed by atoms with E-state index in [0.717, 1.165) is 17.8 Å². The number of aryl methyl sites for hydroxylation is 1. The van der Waals surface area contributed by atoms with Crippen LogP contribution in [-0.2, 0) is 6.54 Å². The predicted molar refractivity (Wildman–Crippen MR) is 59.3 cm³/mol. The average molecular weight is 186 g/mol. The monoisotopic (exact) mass is 186 g/mol. The van der Waals surface area contributed by atoms with Crippen molar-refractivity contribution in [2.24, 2.45) is 0 Å². The van der Waals surface area contributed by atoms with Gasteiger partial charge in [-0.25, -0.2) is 0 Å². The second-order valence-electron chi connectivity index (χ2n) is 3.72. The Kier molecular flexibility index (Phi) is 2.12. The summed E-state index contributed by atoms with van der Waals surface area (Å²) < 4.78 is 2.01. The van der Waals surface area contributed by atoms with Gasteiger partial charge in [0.2, 0.25) is 0 Å². The highest BCUT2D eigenvalue weighted by molar-refractivity contribution is 5.81. The number of aromatic nitrogens is 2. The molecule has 2 aromatic rings. The van der Waals surface area contributed by atoms with Crippen LogP contribution < -0.4 is 0 Å².